The number of rotatable bonds is 5. The van der Waals surface area contributed by atoms with Crippen molar-refractivity contribution in [3.05, 3.63) is 36.0 Å². The Hall–Kier alpha value is -2.83. The molecule has 0 unspecified atom stereocenters. The minimum absolute atomic E-state index is 0.225. The van der Waals surface area contributed by atoms with Gasteiger partial charge in [0, 0.05) is 23.6 Å². The summed E-state index contributed by atoms with van der Waals surface area (Å²) < 4.78 is 0. The predicted molar refractivity (Wildman–Crippen MR) is 78.3 cm³/mol. The van der Waals surface area contributed by atoms with Gasteiger partial charge in [0.2, 0.25) is 0 Å². The number of urea groups is 1. The second-order valence-corrected chi connectivity index (χ2v) is 5.20. The summed E-state index contributed by atoms with van der Waals surface area (Å²) in [7, 11) is 0. The molecule has 7 nitrogen and oxygen atoms in total. The summed E-state index contributed by atoms with van der Waals surface area (Å²) in [5.74, 6) is -1.59. The number of amides is 3. The SMILES string of the molecule is O=C(O)C[C@H]1NC(=O)N(CCc2c[nH]c3ccccc23)C1=O. The van der Waals surface area contributed by atoms with Crippen LogP contribution in [0.25, 0.3) is 10.9 Å². The number of benzene rings is 1. The molecule has 3 amide bonds. The molecule has 0 spiro atoms. The summed E-state index contributed by atoms with van der Waals surface area (Å²) in [4.78, 5) is 38.7. The van der Waals surface area contributed by atoms with Gasteiger partial charge in [-0.15, -0.1) is 0 Å². The van der Waals surface area contributed by atoms with Crippen molar-refractivity contribution in [2.45, 2.75) is 18.9 Å². The third-order valence-electron chi connectivity index (χ3n) is 3.77. The molecule has 22 heavy (non-hydrogen) atoms. The van der Waals surface area contributed by atoms with Crippen molar-refractivity contribution in [1.82, 2.24) is 15.2 Å². The van der Waals surface area contributed by atoms with Crippen molar-refractivity contribution < 1.29 is 19.5 Å². The number of para-hydroxylation sites is 1. The first-order valence-corrected chi connectivity index (χ1v) is 6.95. The Bertz CT molecular complexity index is 752. The van der Waals surface area contributed by atoms with Gasteiger partial charge in [-0.3, -0.25) is 14.5 Å². The van der Waals surface area contributed by atoms with Gasteiger partial charge in [-0.1, -0.05) is 18.2 Å². The molecule has 2 aromatic rings. The van der Waals surface area contributed by atoms with Crippen LogP contribution in [0.3, 0.4) is 0 Å². The molecule has 2 heterocycles. The average molecular weight is 301 g/mol. The molecular weight excluding hydrogens is 286 g/mol. The molecule has 0 saturated carbocycles. The summed E-state index contributed by atoms with van der Waals surface area (Å²) in [6.45, 7) is 0.225. The molecule has 1 aromatic carbocycles. The highest BCUT2D eigenvalue weighted by Crippen LogP contribution is 2.19. The third kappa shape index (κ3) is 2.52. The summed E-state index contributed by atoms with van der Waals surface area (Å²) in [6.07, 6.45) is 1.98. The number of fused-ring (bicyclic) bond motifs is 1. The molecule has 0 radical (unpaired) electrons. The fourth-order valence-electron chi connectivity index (χ4n) is 2.67. The van der Waals surface area contributed by atoms with Crippen LogP contribution in [-0.4, -0.2) is 45.5 Å². The van der Waals surface area contributed by atoms with Crippen LogP contribution in [0, 0.1) is 0 Å². The van der Waals surface area contributed by atoms with E-state index in [1.807, 2.05) is 30.5 Å². The minimum atomic E-state index is -1.11. The molecular formula is C15H15N3O4. The molecule has 1 aliphatic heterocycles. The first-order chi connectivity index (χ1) is 10.6. The van der Waals surface area contributed by atoms with E-state index in [-0.39, 0.29) is 6.54 Å². The quantitative estimate of drug-likeness (QED) is 0.720. The second kappa shape index (κ2) is 5.51. The molecule has 1 atom stereocenters. The van der Waals surface area contributed by atoms with Gasteiger partial charge in [-0.2, -0.15) is 0 Å². The lowest BCUT2D eigenvalue weighted by Crippen LogP contribution is -2.33. The number of carbonyl (C=O) groups excluding carboxylic acids is 2. The lowest BCUT2D eigenvalue weighted by Gasteiger charge is -2.12. The second-order valence-electron chi connectivity index (χ2n) is 5.20. The van der Waals surface area contributed by atoms with Crippen molar-refractivity contribution in [3.8, 4) is 0 Å². The highest BCUT2D eigenvalue weighted by Gasteiger charge is 2.38. The molecule has 1 aliphatic rings. The fourth-order valence-corrected chi connectivity index (χ4v) is 2.67. The van der Waals surface area contributed by atoms with E-state index in [0.29, 0.717) is 6.42 Å². The highest BCUT2D eigenvalue weighted by atomic mass is 16.4. The normalized spacial score (nSPS) is 18.0. The maximum Gasteiger partial charge on any atom is 0.324 e. The first-order valence-electron chi connectivity index (χ1n) is 6.95. The van der Waals surface area contributed by atoms with Gasteiger partial charge in [-0.25, -0.2) is 4.79 Å². The van der Waals surface area contributed by atoms with Crippen LogP contribution in [0.4, 0.5) is 4.79 Å². The number of hydrogen-bond donors (Lipinski definition) is 3. The van der Waals surface area contributed by atoms with Gasteiger partial charge in [-0.05, 0) is 18.1 Å². The minimum Gasteiger partial charge on any atom is -0.481 e. The molecule has 3 N–H and O–H groups in total. The summed E-state index contributed by atoms with van der Waals surface area (Å²) in [5, 5.41) is 12.2. The van der Waals surface area contributed by atoms with Crippen LogP contribution in [0.2, 0.25) is 0 Å². The summed E-state index contributed by atoms with van der Waals surface area (Å²) in [6, 6.07) is 6.28. The van der Waals surface area contributed by atoms with E-state index in [1.165, 1.54) is 0 Å². The van der Waals surface area contributed by atoms with Gasteiger partial charge in [0.25, 0.3) is 5.91 Å². The Labute approximate surface area is 125 Å². The Balaban J connectivity index is 1.70. The largest absolute Gasteiger partial charge is 0.481 e. The fraction of sp³-hybridized carbons (Fsp3) is 0.267. The van der Waals surface area contributed by atoms with Gasteiger partial charge < -0.3 is 15.4 Å². The number of imide groups is 1. The third-order valence-corrected chi connectivity index (χ3v) is 3.77. The topological polar surface area (TPSA) is 102 Å². The van der Waals surface area contributed by atoms with Gasteiger partial charge in [0.1, 0.15) is 6.04 Å². The Kier molecular flexibility index (Phi) is 3.54. The zero-order valence-electron chi connectivity index (χ0n) is 11.7. The van der Waals surface area contributed by atoms with Crippen molar-refractivity contribution in [3.63, 3.8) is 0 Å². The zero-order chi connectivity index (χ0) is 15.7. The van der Waals surface area contributed by atoms with Crippen LogP contribution >= 0.6 is 0 Å². The van der Waals surface area contributed by atoms with E-state index in [2.05, 4.69) is 10.3 Å². The standard InChI is InChI=1S/C15H15N3O4/c19-13(20)7-12-14(21)18(15(22)17-12)6-5-9-8-16-11-4-2-1-3-10(9)11/h1-4,8,12,16H,5-7H2,(H,17,22)(H,19,20)/t12-/m1/s1. The maximum atomic E-state index is 12.0. The lowest BCUT2D eigenvalue weighted by molar-refractivity contribution is -0.140. The smallest absolute Gasteiger partial charge is 0.324 e. The van der Waals surface area contributed by atoms with Crippen LogP contribution < -0.4 is 5.32 Å². The van der Waals surface area contributed by atoms with Crippen LogP contribution in [0.15, 0.2) is 30.5 Å². The van der Waals surface area contributed by atoms with Crippen LogP contribution in [-0.2, 0) is 16.0 Å². The number of hydrogen-bond acceptors (Lipinski definition) is 3. The highest BCUT2D eigenvalue weighted by molar-refractivity contribution is 6.05. The van der Waals surface area contributed by atoms with Gasteiger partial charge in [0.15, 0.2) is 0 Å². The number of carbonyl (C=O) groups is 3. The molecule has 0 bridgehead atoms. The van der Waals surface area contributed by atoms with Crippen molar-refractivity contribution in [2.24, 2.45) is 0 Å². The molecule has 3 rings (SSSR count). The lowest BCUT2D eigenvalue weighted by atomic mass is 10.1. The van der Waals surface area contributed by atoms with E-state index < -0.39 is 30.4 Å². The molecule has 1 fully saturated rings. The molecule has 1 saturated heterocycles. The Morgan fingerprint density at radius 1 is 1.27 bits per heavy atom. The van der Waals surface area contributed by atoms with Crippen molar-refractivity contribution in [1.29, 1.82) is 0 Å². The Morgan fingerprint density at radius 2 is 2.05 bits per heavy atom. The molecule has 1 aromatic heterocycles. The van der Waals surface area contributed by atoms with Gasteiger partial charge >= 0.3 is 12.0 Å². The number of carboxylic acid groups (broad SMARTS) is 1. The van der Waals surface area contributed by atoms with E-state index in [0.717, 1.165) is 21.4 Å². The zero-order valence-corrected chi connectivity index (χ0v) is 11.7. The number of nitrogens with zero attached hydrogens (tertiary/aromatic N) is 1. The van der Waals surface area contributed by atoms with E-state index in [1.54, 1.807) is 0 Å². The average Bonchev–Trinajstić information content (AvgIpc) is 2.99. The van der Waals surface area contributed by atoms with E-state index >= 15 is 0 Å². The Morgan fingerprint density at radius 3 is 2.82 bits per heavy atom. The molecule has 114 valence electrons. The summed E-state index contributed by atoms with van der Waals surface area (Å²) in [5.41, 5.74) is 2.01. The molecule has 7 heteroatoms. The number of aromatic nitrogens is 1. The number of aliphatic carboxylic acids is 1. The predicted octanol–water partition coefficient (Wildman–Crippen LogP) is 1.11. The number of nitrogens with one attached hydrogen (secondary N) is 2. The van der Waals surface area contributed by atoms with E-state index in [9.17, 15) is 14.4 Å². The summed E-state index contributed by atoms with van der Waals surface area (Å²) >= 11 is 0. The number of H-pyrrole nitrogens is 1. The monoisotopic (exact) mass is 301 g/mol. The maximum absolute atomic E-state index is 12.0. The molecule has 0 aliphatic carbocycles. The van der Waals surface area contributed by atoms with Crippen LogP contribution in [0.5, 0.6) is 0 Å². The van der Waals surface area contributed by atoms with E-state index in [4.69, 9.17) is 5.11 Å². The van der Waals surface area contributed by atoms with Crippen molar-refractivity contribution >= 4 is 28.8 Å². The van der Waals surface area contributed by atoms with Crippen LogP contribution in [0.1, 0.15) is 12.0 Å². The first kappa shape index (κ1) is 14.1. The van der Waals surface area contributed by atoms with Gasteiger partial charge in [0.05, 0.1) is 6.42 Å². The van der Waals surface area contributed by atoms with Crippen molar-refractivity contribution in [2.75, 3.05) is 6.54 Å². The number of carboxylic acids is 1. The number of aromatic amines is 1.